The number of sulfone groups is 1. The molecular formula is C14H14N2O3S. The van der Waals surface area contributed by atoms with E-state index in [0.29, 0.717) is 17.1 Å². The van der Waals surface area contributed by atoms with Gasteiger partial charge in [-0.1, -0.05) is 0 Å². The molecule has 0 fully saturated rings. The molecule has 0 radical (unpaired) electrons. The quantitative estimate of drug-likeness (QED) is 0.875. The number of rotatable bonds is 4. The van der Waals surface area contributed by atoms with Gasteiger partial charge in [0.25, 0.3) is 0 Å². The van der Waals surface area contributed by atoms with Crippen molar-refractivity contribution in [1.82, 2.24) is 4.98 Å². The summed E-state index contributed by atoms with van der Waals surface area (Å²) in [6, 6.07) is 9.78. The first-order valence-corrected chi connectivity index (χ1v) is 7.79. The van der Waals surface area contributed by atoms with E-state index in [4.69, 9.17) is 0 Å². The minimum Gasteiger partial charge on any atom is -0.340 e. The van der Waals surface area contributed by atoms with Gasteiger partial charge in [-0.15, -0.1) is 0 Å². The van der Waals surface area contributed by atoms with E-state index in [1.54, 1.807) is 31.2 Å². The van der Waals surface area contributed by atoms with Crippen molar-refractivity contribution in [2.45, 2.75) is 11.8 Å². The Morgan fingerprint density at radius 1 is 1.10 bits per heavy atom. The van der Waals surface area contributed by atoms with Crippen LogP contribution in [0.2, 0.25) is 0 Å². The van der Waals surface area contributed by atoms with Crippen LogP contribution >= 0.6 is 0 Å². The average molecular weight is 290 g/mol. The minimum absolute atomic E-state index is 0.267. The van der Waals surface area contributed by atoms with Crippen LogP contribution in [0.4, 0.5) is 11.5 Å². The van der Waals surface area contributed by atoms with Crippen molar-refractivity contribution in [3.8, 4) is 0 Å². The number of anilines is 2. The van der Waals surface area contributed by atoms with Crippen LogP contribution in [0.1, 0.15) is 16.1 Å². The lowest BCUT2D eigenvalue weighted by Crippen LogP contribution is -1.99. The van der Waals surface area contributed by atoms with Gasteiger partial charge in [0.2, 0.25) is 0 Å². The number of pyridine rings is 1. The summed E-state index contributed by atoms with van der Waals surface area (Å²) in [5, 5.41) is 3.05. The monoisotopic (exact) mass is 290 g/mol. The van der Waals surface area contributed by atoms with Crippen LogP contribution in [0.5, 0.6) is 0 Å². The molecule has 1 N–H and O–H groups in total. The van der Waals surface area contributed by atoms with Gasteiger partial charge in [0.1, 0.15) is 5.82 Å². The Morgan fingerprint density at radius 3 is 2.25 bits per heavy atom. The molecule has 1 heterocycles. The lowest BCUT2D eigenvalue weighted by molar-refractivity contribution is 0.112. The van der Waals surface area contributed by atoms with Crippen LogP contribution in [0.3, 0.4) is 0 Å². The molecule has 0 amide bonds. The van der Waals surface area contributed by atoms with E-state index in [0.717, 1.165) is 12.0 Å². The van der Waals surface area contributed by atoms with Gasteiger partial charge in [0.05, 0.1) is 10.6 Å². The number of carbonyl (C=O) groups is 1. The molecular weight excluding hydrogens is 276 g/mol. The molecule has 1 aromatic heterocycles. The Morgan fingerprint density at radius 2 is 1.75 bits per heavy atom. The molecule has 0 saturated heterocycles. The number of aryl methyl sites for hydroxylation is 1. The van der Waals surface area contributed by atoms with Crippen molar-refractivity contribution in [2.75, 3.05) is 11.6 Å². The SMILES string of the molecule is Cc1nc(Nc2ccc(S(C)(=O)=O)cc2)ccc1C=O. The summed E-state index contributed by atoms with van der Waals surface area (Å²) in [7, 11) is -3.19. The van der Waals surface area contributed by atoms with Crippen LogP contribution in [-0.4, -0.2) is 25.9 Å². The number of hydrogen-bond donors (Lipinski definition) is 1. The van der Waals surface area contributed by atoms with Gasteiger partial charge in [-0.3, -0.25) is 4.79 Å². The maximum Gasteiger partial charge on any atom is 0.175 e. The van der Waals surface area contributed by atoms with Crippen LogP contribution < -0.4 is 5.32 Å². The predicted octanol–water partition coefficient (Wildman–Crippen LogP) is 2.35. The molecule has 0 unspecified atom stereocenters. The van der Waals surface area contributed by atoms with E-state index in [-0.39, 0.29) is 4.90 Å². The Labute approximate surface area is 117 Å². The second-order valence-corrected chi connectivity index (χ2v) is 6.43. The third-order valence-corrected chi connectivity index (χ3v) is 3.94. The fourth-order valence-corrected chi connectivity index (χ4v) is 2.33. The average Bonchev–Trinajstić information content (AvgIpc) is 2.38. The zero-order chi connectivity index (χ0) is 14.8. The number of carbonyl (C=O) groups excluding carboxylic acids is 1. The largest absolute Gasteiger partial charge is 0.340 e. The summed E-state index contributed by atoms with van der Waals surface area (Å²) < 4.78 is 22.7. The van der Waals surface area contributed by atoms with Crippen LogP contribution in [0, 0.1) is 6.92 Å². The van der Waals surface area contributed by atoms with Crippen molar-refractivity contribution in [3.05, 3.63) is 47.7 Å². The molecule has 1 aromatic carbocycles. The summed E-state index contributed by atoms with van der Waals surface area (Å²) in [4.78, 5) is 15.2. The van der Waals surface area contributed by atoms with Crippen molar-refractivity contribution in [2.24, 2.45) is 0 Å². The highest BCUT2D eigenvalue weighted by Gasteiger charge is 2.06. The number of aldehydes is 1. The first kappa shape index (κ1) is 14.2. The zero-order valence-electron chi connectivity index (χ0n) is 11.1. The molecule has 0 spiro atoms. The predicted molar refractivity (Wildman–Crippen MR) is 77.2 cm³/mol. The summed E-state index contributed by atoms with van der Waals surface area (Å²) in [6.07, 6.45) is 1.92. The van der Waals surface area contributed by atoms with Gasteiger partial charge >= 0.3 is 0 Å². The second kappa shape index (κ2) is 5.42. The van der Waals surface area contributed by atoms with E-state index in [2.05, 4.69) is 10.3 Å². The molecule has 0 bridgehead atoms. The Hall–Kier alpha value is -2.21. The smallest absolute Gasteiger partial charge is 0.175 e. The van der Waals surface area contributed by atoms with E-state index in [1.165, 1.54) is 18.4 Å². The molecule has 0 atom stereocenters. The highest BCUT2D eigenvalue weighted by molar-refractivity contribution is 7.90. The van der Waals surface area contributed by atoms with Crippen LogP contribution in [0.25, 0.3) is 0 Å². The standard InChI is InChI=1S/C14H14N2O3S/c1-10-11(9-17)3-8-14(15-10)16-12-4-6-13(7-5-12)20(2,18)19/h3-9H,1-2H3,(H,15,16). The summed E-state index contributed by atoms with van der Waals surface area (Å²) in [5.41, 5.74) is 1.91. The van der Waals surface area contributed by atoms with E-state index >= 15 is 0 Å². The molecule has 2 rings (SSSR count). The maximum atomic E-state index is 11.4. The molecule has 104 valence electrons. The van der Waals surface area contributed by atoms with Crippen LogP contribution in [0.15, 0.2) is 41.3 Å². The molecule has 0 saturated carbocycles. The summed E-state index contributed by atoms with van der Waals surface area (Å²) >= 11 is 0. The van der Waals surface area contributed by atoms with Gasteiger partial charge in [0, 0.05) is 17.5 Å². The summed E-state index contributed by atoms with van der Waals surface area (Å²) in [5.74, 6) is 0.597. The fourth-order valence-electron chi connectivity index (χ4n) is 1.70. The molecule has 0 aliphatic rings. The molecule has 0 aliphatic carbocycles. The third kappa shape index (κ3) is 3.21. The lowest BCUT2D eigenvalue weighted by Gasteiger charge is -2.08. The van der Waals surface area contributed by atoms with Gasteiger partial charge in [-0.25, -0.2) is 13.4 Å². The highest BCUT2D eigenvalue weighted by Crippen LogP contribution is 2.18. The number of nitrogens with zero attached hydrogens (tertiary/aromatic N) is 1. The lowest BCUT2D eigenvalue weighted by atomic mass is 10.2. The number of nitrogens with one attached hydrogen (secondary N) is 1. The summed E-state index contributed by atoms with van der Waals surface area (Å²) in [6.45, 7) is 1.75. The van der Waals surface area contributed by atoms with Crippen molar-refractivity contribution >= 4 is 27.6 Å². The van der Waals surface area contributed by atoms with E-state index in [9.17, 15) is 13.2 Å². The molecule has 6 heteroatoms. The van der Waals surface area contributed by atoms with Gasteiger partial charge < -0.3 is 5.32 Å². The minimum atomic E-state index is -3.19. The van der Waals surface area contributed by atoms with Crippen molar-refractivity contribution in [1.29, 1.82) is 0 Å². The Balaban J connectivity index is 2.22. The maximum absolute atomic E-state index is 11.4. The van der Waals surface area contributed by atoms with E-state index in [1.807, 2.05) is 0 Å². The normalized spacial score (nSPS) is 11.1. The number of hydrogen-bond acceptors (Lipinski definition) is 5. The third-order valence-electron chi connectivity index (χ3n) is 2.81. The topological polar surface area (TPSA) is 76.1 Å². The molecule has 0 aliphatic heterocycles. The molecule has 5 nitrogen and oxygen atoms in total. The number of aromatic nitrogens is 1. The highest BCUT2D eigenvalue weighted by atomic mass is 32.2. The van der Waals surface area contributed by atoms with Crippen molar-refractivity contribution < 1.29 is 13.2 Å². The van der Waals surface area contributed by atoms with Crippen LogP contribution in [-0.2, 0) is 9.84 Å². The Bertz CT molecular complexity index is 738. The molecule has 2 aromatic rings. The van der Waals surface area contributed by atoms with Gasteiger partial charge in [-0.05, 0) is 43.3 Å². The fraction of sp³-hybridized carbons (Fsp3) is 0.143. The van der Waals surface area contributed by atoms with Gasteiger partial charge in [0.15, 0.2) is 16.1 Å². The van der Waals surface area contributed by atoms with Gasteiger partial charge in [-0.2, -0.15) is 0 Å². The van der Waals surface area contributed by atoms with E-state index < -0.39 is 9.84 Å². The second-order valence-electron chi connectivity index (χ2n) is 4.41. The molecule has 20 heavy (non-hydrogen) atoms. The Kier molecular flexibility index (Phi) is 3.85. The zero-order valence-corrected chi connectivity index (χ0v) is 11.9. The number of benzene rings is 1. The first-order chi connectivity index (χ1) is 9.40. The first-order valence-electron chi connectivity index (χ1n) is 5.90. The van der Waals surface area contributed by atoms with Crippen molar-refractivity contribution in [3.63, 3.8) is 0 Å².